The van der Waals surface area contributed by atoms with Gasteiger partial charge in [-0.1, -0.05) is 43.0 Å². The van der Waals surface area contributed by atoms with E-state index in [1.807, 2.05) is 48.5 Å². The van der Waals surface area contributed by atoms with Gasteiger partial charge in [0.05, 0.1) is 11.0 Å². The maximum Gasteiger partial charge on any atom is 0.274 e. The average molecular weight is 248 g/mol. The zero-order valence-electron chi connectivity index (χ0n) is 10.3. The van der Waals surface area contributed by atoms with E-state index in [0.29, 0.717) is 5.69 Å². The summed E-state index contributed by atoms with van der Waals surface area (Å²) < 4.78 is 0. The van der Waals surface area contributed by atoms with Gasteiger partial charge in [-0.3, -0.25) is 4.79 Å². The highest BCUT2D eigenvalue weighted by Crippen LogP contribution is 2.17. The molecule has 0 aliphatic carbocycles. The zero-order valence-corrected chi connectivity index (χ0v) is 10.3. The Labute approximate surface area is 110 Å². The van der Waals surface area contributed by atoms with Crippen molar-refractivity contribution in [1.29, 1.82) is 0 Å². The summed E-state index contributed by atoms with van der Waals surface area (Å²) in [5, 5.41) is 0. The SMILES string of the molecule is C=Cc1cccc(-c2nc3ccccc3[nH]c2=O)c1. The Balaban J connectivity index is 2.26. The average Bonchev–Trinajstić information content (AvgIpc) is 2.46. The lowest BCUT2D eigenvalue weighted by Gasteiger charge is -2.03. The van der Waals surface area contributed by atoms with Crippen molar-refractivity contribution in [3.8, 4) is 11.3 Å². The van der Waals surface area contributed by atoms with Crippen LogP contribution >= 0.6 is 0 Å². The van der Waals surface area contributed by atoms with E-state index in [-0.39, 0.29) is 5.56 Å². The summed E-state index contributed by atoms with van der Waals surface area (Å²) in [6.45, 7) is 3.73. The topological polar surface area (TPSA) is 45.8 Å². The standard InChI is InChI=1S/C16H12N2O/c1-2-11-6-5-7-12(10-11)15-16(19)18-14-9-4-3-8-13(14)17-15/h2-10H,1H2,(H,18,19). The number of H-pyrrole nitrogens is 1. The number of hydrogen-bond donors (Lipinski definition) is 1. The highest BCUT2D eigenvalue weighted by atomic mass is 16.1. The number of aromatic amines is 1. The number of nitrogens with one attached hydrogen (secondary N) is 1. The number of benzene rings is 2. The van der Waals surface area contributed by atoms with Crippen molar-refractivity contribution in [2.45, 2.75) is 0 Å². The predicted molar refractivity (Wildman–Crippen MR) is 77.9 cm³/mol. The molecule has 3 aromatic rings. The molecule has 0 bridgehead atoms. The molecule has 0 radical (unpaired) electrons. The van der Waals surface area contributed by atoms with E-state index in [1.165, 1.54) is 0 Å². The van der Waals surface area contributed by atoms with Crippen molar-refractivity contribution in [1.82, 2.24) is 9.97 Å². The molecule has 0 aliphatic heterocycles. The number of para-hydroxylation sites is 2. The molecule has 0 atom stereocenters. The fourth-order valence-corrected chi connectivity index (χ4v) is 2.04. The van der Waals surface area contributed by atoms with Gasteiger partial charge in [0.25, 0.3) is 5.56 Å². The summed E-state index contributed by atoms with van der Waals surface area (Å²) in [5.74, 6) is 0. The number of fused-ring (bicyclic) bond motifs is 1. The van der Waals surface area contributed by atoms with Gasteiger partial charge >= 0.3 is 0 Å². The third kappa shape index (κ3) is 2.06. The van der Waals surface area contributed by atoms with Gasteiger partial charge in [0.2, 0.25) is 0 Å². The fraction of sp³-hybridized carbons (Fsp3) is 0. The van der Waals surface area contributed by atoms with E-state index in [9.17, 15) is 4.79 Å². The summed E-state index contributed by atoms with van der Waals surface area (Å²) in [6, 6.07) is 15.1. The lowest BCUT2D eigenvalue weighted by Crippen LogP contribution is -2.11. The van der Waals surface area contributed by atoms with Crippen molar-refractivity contribution < 1.29 is 0 Å². The zero-order chi connectivity index (χ0) is 13.2. The Morgan fingerprint density at radius 2 is 1.95 bits per heavy atom. The van der Waals surface area contributed by atoms with Crippen molar-refractivity contribution >= 4 is 17.1 Å². The van der Waals surface area contributed by atoms with Crippen LogP contribution < -0.4 is 5.56 Å². The molecule has 2 aromatic carbocycles. The van der Waals surface area contributed by atoms with E-state index >= 15 is 0 Å². The number of hydrogen-bond acceptors (Lipinski definition) is 2. The summed E-state index contributed by atoms with van der Waals surface area (Å²) in [5.41, 5.74) is 3.54. The van der Waals surface area contributed by atoms with Gasteiger partial charge in [0.15, 0.2) is 0 Å². The second-order valence-electron chi connectivity index (χ2n) is 4.26. The Morgan fingerprint density at radius 3 is 2.79 bits per heavy atom. The third-order valence-corrected chi connectivity index (χ3v) is 3.00. The number of aromatic nitrogens is 2. The lowest BCUT2D eigenvalue weighted by atomic mass is 10.1. The first-order chi connectivity index (χ1) is 9.28. The minimum absolute atomic E-state index is 0.181. The van der Waals surface area contributed by atoms with Crippen LogP contribution in [0.1, 0.15) is 5.56 Å². The van der Waals surface area contributed by atoms with Crippen LogP contribution in [0.2, 0.25) is 0 Å². The van der Waals surface area contributed by atoms with Gasteiger partial charge in [-0.2, -0.15) is 0 Å². The lowest BCUT2D eigenvalue weighted by molar-refractivity contribution is 1.22. The van der Waals surface area contributed by atoms with Crippen molar-refractivity contribution in [2.75, 3.05) is 0 Å². The second kappa shape index (κ2) is 4.53. The first-order valence-corrected chi connectivity index (χ1v) is 6.00. The van der Waals surface area contributed by atoms with E-state index in [0.717, 1.165) is 22.2 Å². The summed E-state index contributed by atoms with van der Waals surface area (Å²) >= 11 is 0. The summed E-state index contributed by atoms with van der Waals surface area (Å²) in [4.78, 5) is 19.4. The van der Waals surface area contributed by atoms with Gasteiger partial charge in [-0.15, -0.1) is 0 Å². The molecular formula is C16H12N2O. The van der Waals surface area contributed by atoms with Gasteiger partial charge < -0.3 is 4.98 Å². The molecule has 0 saturated carbocycles. The fourth-order valence-electron chi connectivity index (χ4n) is 2.04. The molecule has 0 aliphatic rings. The Morgan fingerprint density at radius 1 is 1.11 bits per heavy atom. The van der Waals surface area contributed by atoms with Crippen molar-refractivity contribution in [3.63, 3.8) is 0 Å². The van der Waals surface area contributed by atoms with Gasteiger partial charge in [0.1, 0.15) is 5.69 Å². The molecule has 3 nitrogen and oxygen atoms in total. The second-order valence-corrected chi connectivity index (χ2v) is 4.26. The van der Waals surface area contributed by atoms with E-state index in [1.54, 1.807) is 6.08 Å². The van der Waals surface area contributed by atoms with Crippen LogP contribution in [0.25, 0.3) is 28.4 Å². The van der Waals surface area contributed by atoms with Gasteiger partial charge in [-0.25, -0.2) is 4.98 Å². The van der Waals surface area contributed by atoms with Gasteiger partial charge in [0, 0.05) is 5.56 Å². The minimum atomic E-state index is -0.181. The molecule has 0 spiro atoms. The highest BCUT2D eigenvalue weighted by molar-refractivity contribution is 5.77. The third-order valence-electron chi connectivity index (χ3n) is 3.00. The smallest absolute Gasteiger partial charge is 0.274 e. The van der Waals surface area contributed by atoms with E-state index in [2.05, 4.69) is 16.5 Å². The van der Waals surface area contributed by atoms with Crippen LogP contribution in [0.3, 0.4) is 0 Å². The Bertz CT molecular complexity index is 818. The summed E-state index contributed by atoms with van der Waals surface area (Å²) in [7, 11) is 0. The Kier molecular flexibility index (Phi) is 2.72. The molecule has 3 heteroatoms. The molecule has 19 heavy (non-hydrogen) atoms. The predicted octanol–water partition coefficient (Wildman–Crippen LogP) is 3.23. The molecule has 1 heterocycles. The first-order valence-electron chi connectivity index (χ1n) is 6.00. The maximum atomic E-state index is 12.1. The molecule has 3 rings (SSSR count). The number of nitrogens with zero attached hydrogens (tertiary/aromatic N) is 1. The first kappa shape index (κ1) is 11.4. The maximum absolute atomic E-state index is 12.1. The van der Waals surface area contributed by atoms with Crippen molar-refractivity contribution in [2.24, 2.45) is 0 Å². The molecular weight excluding hydrogens is 236 g/mol. The quantitative estimate of drug-likeness (QED) is 0.756. The molecule has 0 unspecified atom stereocenters. The van der Waals surface area contributed by atoms with E-state index < -0.39 is 0 Å². The molecule has 1 aromatic heterocycles. The Hall–Kier alpha value is -2.68. The monoisotopic (exact) mass is 248 g/mol. The van der Waals surface area contributed by atoms with Crippen molar-refractivity contribution in [3.05, 3.63) is 71.0 Å². The minimum Gasteiger partial charge on any atom is -0.319 e. The number of rotatable bonds is 2. The van der Waals surface area contributed by atoms with Crippen LogP contribution in [-0.4, -0.2) is 9.97 Å². The van der Waals surface area contributed by atoms with Gasteiger partial charge in [-0.05, 0) is 23.8 Å². The molecule has 0 amide bonds. The largest absolute Gasteiger partial charge is 0.319 e. The van der Waals surface area contributed by atoms with Crippen LogP contribution in [0.5, 0.6) is 0 Å². The van der Waals surface area contributed by atoms with E-state index in [4.69, 9.17) is 0 Å². The summed E-state index contributed by atoms with van der Waals surface area (Å²) in [6.07, 6.45) is 1.75. The molecule has 1 N–H and O–H groups in total. The van der Waals surface area contributed by atoms with Crippen LogP contribution in [0.15, 0.2) is 59.9 Å². The van der Waals surface area contributed by atoms with Crippen LogP contribution in [0, 0.1) is 0 Å². The molecule has 92 valence electrons. The molecule has 0 saturated heterocycles. The van der Waals surface area contributed by atoms with Crippen LogP contribution in [0.4, 0.5) is 0 Å². The normalized spacial score (nSPS) is 10.5. The molecule has 0 fully saturated rings. The highest BCUT2D eigenvalue weighted by Gasteiger charge is 2.07. The van der Waals surface area contributed by atoms with Crippen LogP contribution in [-0.2, 0) is 0 Å².